The lowest BCUT2D eigenvalue weighted by Gasteiger charge is -2.09. The molecule has 0 bridgehead atoms. The van der Waals surface area contributed by atoms with Crippen LogP contribution in [0.2, 0.25) is 0 Å². The van der Waals surface area contributed by atoms with Crippen LogP contribution < -0.4 is 4.74 Å². The molecule has 0 aliphatic rings. The van der Waals surface area contributed by atoms with Crippen molar-refractivity contribution in [3.05, 3.63) is 54.3 Å². The Morgan fingerprint density at radius 3 is 2.18 bits per heavy atom. The first-order valence-corrected chi connectivity index (χ1v) is 8.49. The van der Waals surface area contributed by atoms with Crippen molar-refractivity contribution in [2.45, 2.75) is 54.4 Å². The van der Waals surface area contributed by atoms with Crippen molar-refractivity contribution >= 4 is 0 Å². The van der Waals surface area contributed by atoms with Gasteiger partial charge in [0, 0.05) is 12.8 Å². The summed E-state index contributed by atoms with van der Waals surface area (Å²) in [6.45, 7) is 13.5. The van der Waals surface area contributed by atoms with E-state index in [1.165, 1.54) is 0 Å². The SMILES string of the molecule is C/C=C\C=C(/CC)OCCCOc1ccccc1.CC.CC. The van der Waals surface area contributed by atoms with Gasteiger partial charge in [-0.2, -0.15) is 0 Å². The minimum absolute atomic E-state index is 0.685. The van der Waals surface area contributed by atoms with Gasteiger partial charge in [-0.05, 0) is 25.1 Å². The van der Waals surface area contributed by atoms with Crippen molar-refractivity contribution in [3.8, 4) is 5.75 Å². The van der Waals surface area contributed by atoms with Crippen molar-refractivity contribution in [1.82, 2.24) is 0 Å². The minimum Gasteiger partial charge on any atom is -0.498 e. The summed E-state index contributed by atoms with van der Waals surface area (Å²) in [4.78, 5) is 0. The van der Waals surface area contributed by atoms with E-state index in [0.717, 1.165) is 24.4 Å². The summed E-state index contributed by atoms with van der Waals surface area (Å²) in [5.74, 6) is 1.94. The Bertz CT molecular complexity index is 367. The van der Waals surface area contributed by atoms with E-state index in [9.17, 15) is 0 Å². The predicted molar refractivity (Wildman–Crippen MR) is 98.4 cm³/mol. The standard InChI is InChI=1S/C16H22O2.2C2H6/c1-3-5-10-15(4-2)17-13-9-14-18-16-11-7-6-8-12-16;2*1-2/h3,5-8,10-12H,4,9,13-14H2,1-2H3;2*1-2H3/b5-3-,15-10+;;. The van der Waals surface area contributed by atoms with Gasteiger partial charge < -0.3 is 9.47 Å². The summed E-state index contributed by atoms with van der Waals surface area (Å²) >= 11 is 0. The highest BCUT2D eigenvalue weighted by Crippen LogP contribution is 2.09. The van der Waals surface area contributed by atoms with Gasteiger partial charge >= 0.3 is 0 Å². The van der Waals surface area contributed by atoms with Crippen LogP contribution in [0.5, 0.6) is 5.75 Å². The molecule has 1 aromatic rings. The Balaban J connectivity index is 0. The van der Waals surface area contributed by atoms with E-state index in [2.05, 4.69) is 6.92 Å². The van der Waals surface area contributed by atoms with E-state index < -0.39 is 0 Å². The summed E-state index contributed by atoms with van der Waals surface area (Å²) in [5.41, 5.74) is 0. The van der Waals surface area contributed by atoms with E-state index in [1.807, 2.05) is 83.2 Å². The summed E-state index contributed by atoms with van der Waals surface area (Å²) in [5, 5.41) is 0. The molecule has 0 saturated heterocycles. The molecule has 0 saturated carbocycles. The number of benzene rings is 1. The second-order valence-electron chi connectivity index (χ2n) is 3.88. The van der Waals surface area contributed by atoms with Crippen LogP contribution in [0.4, 0.5) is 0 Å². The van der Waals surface area contributed by atoms with Crippen molar-refractivity contribution in [2.75, 3.05) is 13.2 Å². The topological polar surface area (TPSA) is 18.5 Å². The third kappa shape index (κ3) is 13.3. The van der Waals surface area contributed by atoms with E-state index in [0.29, 0.717) is 13.2 Å². The van der Waals surface area contributed by atoms with E-state index in [1.54, 1.807) is 0 Å². The Kier molecular flexibility index (Phi) is 19.8. The molecule has 0 heterocycles. The Morgan fingerprint density at radius 2 is 1.64 bits per heavy atom. The maximum atomic E-state index is 5.66. The zero-order valence-electron chi connectivity index (χ0n) is 15.3. The first kappa shape index (κ1) is 22.6. The van der Waals surface area contributed by atoms with Gasteiger partial charge in [0.1, 0.15) is 5.75 Å². The molecular formula is C20H34O2. The molecule has 0 fully saturated rings. The van der Waals surface area contributed by atoms with E-state index in [-0.39, 0.29) is 0 Å². The average molecular weight is 306 g/mol. The first-order valence-electron chi connectivity index (χ1n) is 8.49. The fourth-order valence-electron chi connectivity index (χ4n) is 1.44. The van der Waals surface area contributed by atoms with Gasteiger partial charge in [-0.15, -0.1) is 0 Å². The number of para-hydroxylation sites is 1. The highest BCUT2D eigenvalue weighted by molar-refractivity contribution is 5.20. The van der Waals surface area contributed by atoms with Crippen molar-refractivity contribution < 1.29 is 9.47 Å². The molecule has 1 rings (SSSR count). The van der Waals surface area contributed by atoms with Crippen LogP contribution in [0.15, 0.2) is 54.3 Å². The second kappa shape index (κ2) is 19.3. The van der Waals surface area contributed by atoms with Crippen molar-refractivity contribution in [3.63, 3.8) is 0 Å². The molecule has 126 valence electrons. The van der Waals surface area contributed by atoms with Gasteiger partial charge in [-0.3, -0.25) is 0 Å². The molecule has 2 nitrogen and oxygen atoms in total. The largest absolute Gasteiger partial charge is 0.498 e. The lowest BCUT2D eigenvalue weighted by atomic mass is 10.3. The van der Waals surface area contributed by atoms with Crippen LogP contribution in [0, 0.1) is 0 Å². The highest BCUT2D eigenvalue weighted by Gasteiger charge is 1.95. The van der Waals surface area contributed by atoms with Crippen molar-refractivity contribution in [1.29, 1.82) is 0 Å². The summed E-state index contributed by atoms with van der Waals surface area (Å²) in [6.07, 6.45) is 7.82. The quantitative estimate of drug-likeness (QED) is 0.314. The number of rotatable bonds is 8. The fraction of sp³-hybridized carbons (Fsp3) is 0.500. The van der Waals surface area contributed by atoms with Gasteiger partial charge in [-0.25, -0.2) is 0 Å². The lowest BCUT2D eigenvalue weighted by Crippen LogP contribution is -2.02. The van der Waals surface area contributed by atoms with Crippen LogP contribution in [-0.4, -0.2) is 13.2 Å². The summed E-state index contributed by atoms with van der Waals surface area (Å²) in [6, 6.07) is 9.85. The normalized spacial score (nSPS) is 10.2. The summed E-state index contributed by atoms with van der Waals surface area (Å²) in [7, 11) is 0. The molecular weight excluding hydrogens is 272 g/mol. The highest BCUT2D eigenvalue weighted by atomic mass is 16.5. The minimum atomic E-state index is 0.685. The molecule has 0 aliphatic carbocycles. The predicted octanol–water partition coefficient (Wildman–Crippen LogP) is 6.39. The fourth-order valence-corrected chi connectivity index (χ4v) is 1.44. The third-order valence-corrected chi connectivity index (χ3v) is 2.41. The van der Waals surface area contributed by atoms with E-state index in [4.69, 9.17) is 9.47 Å². The lowest BCUT2D eigenvalue weighted by molar-refractivity contribution is 0.177. The second-order valence-corrected chi connectivity index (χ2v) is 3.88. The van der Waals surface area contributed by atoms with Crippen LogP contribution in [0.25, 0.3) is 0 Å². The molecule has 0 aliphatic heterocycles. The van der Waals surface area contributed by atoms with Gasteiger partial charge in [0.15, 0.2) is 0 Å². The first-order chi connectivity index (χ1) is 10.9. The molecule has 0 atom stereocenters. The van der Waals surface area contributed by atoms with Crippen LogP contribution in [0.1, 0.15) is 54.4 Å². The smallest absolute Gasteiger partial charge is 0.119 e. The van der Waals surface area contributed by atoms with Gasteiger partial charge in [0.25, 0.3) is 0 Å². The monoisotopic (exact) mass is 306 g/mol. The van der Waals surface area contributed by atoms with E-state index >= 15 is 0 Å². The molecule has 0 amide bonds. The summed E-state index contributed by atoms with van der Waals surface area (Å²) < 4.78 is 11.3. The molecule has 0 aromatic heterocycles. The maximum Gasteiger partial charge on any atom is 0.119 e. The maximum absolute atomic E-state index is 5.66. The average Bonchev–Trinajstić information content (AvgIpc) is 2.62. The molecule has 0 N–H and O–H groups in total. The molecule has 0 radical (unpaired) electrons. The van der Waals surface area contributed by atoms with Crippen molar-refractivity contribution in [2.24, 2.45) is 0 Å². The molecule has 0 unspecified atom stereocenters. The molecule has 1 aromatic carbocycles. The zero-order chi connectivity index (χ0) is 17.1. The van der Waals surface area contributed by atoms with Crippen LogP contribution >= 0.6 is 0 Å². The van der Waals surface area contributed by atoms with Crippen LogP contribution in [0.3, 0.4) is 0 Å². The Hall–Kier alpha value is -1.70. The molecule has 22 heavy (non-hydrogen) atoms. The zero-order valence-corrected chi connectivity index (χ0v) is 15.3. The number of ether oxygens (including phenoxy) is 2. The number of allylic oxidation sites excluding steroid dienone is 4. The van der Waals surface area contributed by atoms with Gasteiger partial charge in [0.05, 0.1) is 19.0 Å². The van der Waals surface area contributed by atoms with Gasteiger partial charge in [-0.1, -0.05) is 65.0 Å². The number of hydrogen-bond acceptors (Lipinski definition) is 2. The number of hydrogen-bond donors (Lipinski definition) is 0. The molecule has 2 heteroatoms. The Morgan fingerprint density at radius 1 is 1.00 bits per heavy atom. The van der Waals surface area contributed by atoms with Gasteiger partial charge in [0.2, 0.25) is 0 Å². The molecule has 0 spiro atoms. The Labute approximate surface area is 137 Å². The van der Waals surface area contributed by atoms with Crippen LogP contribution in [-0.2, 0) is 4.74 Å². The third-order valence-electron chi connectivity index (χ3n) is 2.41.